The summed E-state index contributed by atoms with van der Waals surface area (Å²) in [4.78, 5) is 11.1. The van der Waals surface area contributed by atoms with Crippen LogP contribution in [-0.4, -0.2) is 23.2 Å². The Balaban J connectivity index is 2.75. The molecular formula is C10H11Cl3N2O2. The van der Waals surface area contributed by atoms with E-state index < -0.39 is 16.1 Å². The van der Waals surface area contributed by atoms with Gasteiger partial charge >= 0.3 is 6.09 Å². The van der Waals surface area contributed by atoms with Crippen molar-refractivity contribution in [3.63, 3.8) is 0 Å². The maximum absolute atomic E-state index is 11.1. The zero-order valence-corrected chi connectivity index (χ0v) is 11.2. The van der Waals surface area contributed by atoms with E-state index in [9.17, 15) is 4.79 Å². The van der Waals surface area contributed by atoms with Crippen molar-refractivity contribution < 1.29 is 9.53 Å². The van der Waals surface area contributed by atoms with Crippen LogP contribution in [0.3, 0.4) is 0 Å². The molecule has 0 fully saturated rings. The zero-order chi connectivity index (χ0) is 12.9. The predicted octanol–water partition coefficient (Wildman–Crippen LogP) is 3.15. The topological polar surface area (TPSA) is 50.4 Å². The van der Waals surface area contributed by atoms with Gasteiger partial charge < -0.3 is 10.1 Å². The standard InChI is InChI=1S/C10H11Cl3N2O2/c1-17-9(16)15-8(10(11,12)13)14-7-5-3-2-4-6-7/h2-6,8,14H,1H3,(H,15,16)/t8-/m1/s1. The number of halogens is 3. The molecule has 0 aliphatic rings. The minimum Gasteiger partial charge on any atom is -0.453 e. The van der Waals surface area contributed by atoms with Gasteiger partial charge in [0.15, 0.2) is 0 Å². The molecule has 0 spiro atoms. The molecular weight excluding hydrogens is 286 g/mol. The van der Waals surface area contributed by atoms with E-state index in [0.29, 0.717) is 5.69 Å². The highest BCUT2D eigenvalue weighted by Crippen LogP contribution is 2.31. The lowest BCUT2D eigenvalue weighted by Gasteiger charge is -2.26. The summed E-state index contributed by atoms with van der Waals surface area (Å²) < 4.78 is 2.74. The Labute approximate surface area is 114 Å². The summed E-state index contributed by atoms with van der Waals surface area (Å²) in [5.41, 5.74) is 0.709. The van der Waals surface area contributed by atoms with Gasteiger partial charge in [0.2, 0.25) is 3.79 Å². The molecule has 2 N–H and O–H groups in total. The number of nitrogens with one attached hydrogen (secondary N) is 2. The first-order valence-corrected chi connectivity index (χ1v) is 5.79. The summed E-state index contributed by atoms with van der Waals surface area (Å²) >= 11 is 17.2. The number of hydrogen-bond donors (Lipinski definition) is 2. The minimum atomic E-state index is -1.70. The molecule has 0 aliphatic heterocycles. The predicted molar refractivity (Wildman–Crippen MR) is 69.7 cm³/mol. The summed E-state index contributed by atoms with van der Waals surface area (Å²) in [7, 11) is 1.23. The highest BCUT2D eigenvalue weighted by Gasteiger charge is 2.34. The van der Waals surface area contributed by atoms with E-state index in [1.165, 1.54) is 7.11 Å². The first-order valence-electron chi connectivity index (χ1n) is 4.66. The molecule has 0 saturated heterocycles. The fourth-order valence-electron chi connectivity index (χ4n) is 1.08. The molecule has 1 aromatic carbocycles. The number of ether oxygens (including phenoxy) is 1. The average molecular weight is 298 g/mol. The lowest BCUT2D eigenvalue weighted by atomic mass is 10.3. The number of hydrogen-bond acceptors (Lipinski definition) is 3. The van der Waals surface area contributed by atoms with Crippen molar-refractivity contribution in [3.8, 4) is 0 Å². The monoisotopic (exact) mass is 296 g/mol. The Morgan fingerprint density at radius 2 is 1.88 bits per heavy atom. The van der Waals surface area contributed by atoms with Gasteiger partial charge in [0.1, 0.15) is 6.17 Å². The van der Waals surface area contributed by atoms with Gasteiger partial charge in [0.05, 0.1) is 7.11 Å². The smallest absolute Gasteiger partial charge is 0.408 e. The Kier molecular flexibility index (Phi) is 5.18. The van der Waals surface area contributed by atoms with Gasteiger partial charge in [-0.05, 0) is 12.1 Å². The zero-order valence-electron chi connectivity index (χ0n) is 8.91. The molecule has 7 heteroatoms. The molecule has 17 heavy (non-hydrogen) atoms. The normalized spacial score (nSPS) is 12.7. The Morgan fingerprint density at radius 1 is 1.29 bits per heavy atom. The Bertz CT molecular complexity index is 368. The lowest BCUT2D eigenvalue weighted by molar-refractivity contribution is 0.168. The van der Waals surface area contributed by atoms with E-state index in [4.69, 9.17) is 34.8 Å². The van der Waals surface area contributed by atoms with Crippen LogP contribution in [0.15, 0.2) is 30.3 Å². The molecule has 0 bridgehead atoms. The van der Waals surface area contributed by atoms with Crippen LogP contribution >= 0.6 is 34.8 Å². The second-order valence-corrected chi connectivity index (χ2v) is 5.49. The van der Waals surface area contributed by atoms with Crippen LogP contribution in [0.1, 0.15) is 0 Å². The number of rotatable bonds is 3. The van der Waals surface area contributed by atoms with Gasteiger partial charge in [0, 0.05) is 5.69 Å². The summed E-state index contributed by atoms with van der Waals surface area (Å²) in [6, 6.07) is 9.04. The van der Waals surface area contributed by atoms with E-state index in [-0.39, 0.29) is 0 Å². The number of alkyl carbamates (subject to hydrolysis) is 1. The number of carbonyl (C=O) groups excluding carboxylic acids is 1. The second-order valence-electron chi connectivity index (χ2n) is 3.12. The van der Waals surface area contributed by atoms with Crippen LogP contribution in [0.25, 0.3) is 0 Å². The van der Waals surface area contributed by atoms with Gasteiger partial charge in [-0.3, -0.25) is 5.32 Å². The van der Waals surface area contributed by atoms with Crippen molar-refractivity contribution in [2.75, 3.05) is 12.4 Å². The third-order valence-corrected chi connectivity index (χ3v) is 2.51. The molecule has 94 valence electrons. The summed E-state index contributed by atoms with van der Waals surface area (Å²) in [6.07, 6.45) is -1.59. The number of benzene rings is 1. The molecule has 0 unspecified atom stereocenters. The van der Waals surface area contributed by atoms with Gasteiger partial charge in [-0.25, -0.2) is 4.79 Å². The van der Waals surface area contributed by atoms with Crippen molar-refractivity contribution in [1.29, 1.82) is 0 Å². The van der Waals surface area contributed by atoms with E-state index in [1.54, 1.807) is 12.1 Å². The Hall–Kier alpha value is -0.840. The Morgan fingerprint density at radius 3 is 2.35 bits per heavy atom. The third kappa shape index (κ3) is 4.89. The number of methoxy groups -OCH3 is 1. The maximum atomic E-state index is 11.1. The fraction of sp³-hybridized carbons (Fsp3) is 0.300. The van der Waals surface area contributed by atoms with Crippen LogP contribution in [-0.2, 0) is 4.74 Å². The summed E-state index contributed by atoms with van der Waals surface area (Å²) in [5.74, 6) is 0. The van der Waals surface area contributed by atoms with E-state index >= 15 is 0 Å². The number of carbonyl (C=O) groups is 1. The third-order valence-electron chi connectivity index (χ3n) is 1.86. The minimum absolute atomic E-state index is 0.690. The van der Waals surface area contributed by atoms with Gasteiger partial charge in [-0.1, -0.05) is 53.0 Å². The van der Waals surface area contributed by atoms with Gasteiger partial charge in [-0.15, -0.1) is 0 Å². The van der Waals surface area contributed by atoms with Crippen molar-refractivity contribution in [1.82, 2.24) is 5.32 Å². The first-order chi connectivity index (χ1) is 7.93. The first kappa shape index (κ1) is 14.2. The molecule has 0 aromatic heterocycles. The SMILES string of the molecule is COC(=O)N[C@@H](Nc1ccccc1)C(Cl)(Cl)Cl. The molecule has 0 saturated carbocycles. The van der Waals surface area contributed by atoms with Crippen molar-refractivity contribution in [3.05, 3.63) is 30.3 Å². The number of anilines is 1. The van der Waals surface area contributed by atoms with Crippen LogP contribution in [0, 0.1) is 0 Å². The number of amides is 1. The fourth-order valence-corrected chi connectivity index (χ4v) is 1.40. The molecule has 4 nitrogen and oxygen atoms in total. The maximum Gasteiger partial charge on any atom is 0.408 e. The molecule has 1 rings (SSSR count). The van der Waals surface area contributed by atoms with Crippen LogP contribution in [0.4, 0.5) is 10.5 Å². The molecule has 0 radical (unpaired) electrons. The largest absolute Gasteiger partial charge is 0.453 e. The van der Waals surface area contributed by atoms with E-state index in [0.717, 1.165) is 0 Å². The number of alkyl halides is 3. The summed E-state index contributed by atoms with van der Waals surface area (Å²) in [5, 5.41) is 5.26. The molecule has 1 atom stereocenters. The highest BCUT2D eigenvalue weighted by atomic mass is 35.6. The van der Waals surface area contributed by atoms with Crippen LogP contribution in [0.2, 0.25) is 0 Å². The van der Waals surface area contributed by atoms with Gasteiger partial charge in [-0.2, -0.15) is 0 Å². The molecule has 1 aromatic rings. The van der Waals surface area contributed by atoms with E-state index in [1.807, 2.05) is 18.2 Å². The van der Waals surface area contributed by atoms with Crippen molar-refractivity contribution >= 4 is 46.6 Å². The quantitative estimate of drug-likeness (QED) is 0.665. The second kappa shape index (κ2) is 6.19. The number of para-hydroxylation sites is 1. The average Bonchev–Trinajstić information content (AvgIpc) is 2.28. The lowest BCUT2D eigenvalue weighted by Crippen LogP contribution is -2.49. The molecule has 0 heterocycles. The van der Waals surface area contributed by atoms with Gasteiger partial charge in [0.25, 0.3) is 0 Å². The molecule has 1 amide bonds. The van der Waals surface area contributed by atoms with E-state index in [2.05, 4.69) is 15.4 Å². The molecule has 0 aliphatic carbocycles. The van der Waals surface area contributed by atoms with Crippen molar-refractivity contribution in [2.45, 2.75) is 9.96 Å². The highest BCUT2D eigenvalue weighted by molar-refractivity contribution is 6.68. The van der Waals surface area contributed by atoms with Crippen molar-refractivity contribution in [2.24, 2.45) is 0 Å². The summed E-state index contributed by atoms with van der Waals surface area (Å²) in [6.45, 7) is 0. The van der Waals surface area contributed by atoms with Crippen LogP contribution in [0.5, 0.6) is 0 Å². The van der Waals surface area contributed by atoms with Crippen LogP contribution < -0.4 is 10.6 Å².